The molecule has 2 atom stereocenters. The number of hydrogen-bond donors (Lipinski definition) is 1. The number of likely N-dealkylation sites (tertiary alicyclic amines) is 1. The molecule has 2 aliphatic rings. The molecule has 102 valence electrons. The highest BCUT2D eigenvalue weighted by Crippen LogP contribution is 2.29. The minimum Gasteiger partial charge on any atom is -0.508 e. The minimum absolute atomic E-state index is 0.0388. The molecule has 0 saturated carbocycles. The molecule has 2 heterocycles. The predicted octanol–water partition coefficient (Wildman–Crippen LogP) is 1.70. The van der Waals surface area contributed by atoms with Gasteiger partial charge in [-0.15, -0.1) is 0 Å². The van der Waals surface area contributed by atoms with Crippen LogP contribution >= 0.6 is 0 Å². The van der Waals surface area contributed by atoms with Crippen LogP contribution in [0.1, 0.15) is 29.6 Å². The van der Waals surface area contributed by atoms with Crippen LogP contribution in [0.4, 0.5) is 0 Å². The van der Waals surface area contributed by atoms with Crippen LogP contribution in [0, 0.1) is 0 Å². The summed E-state index contributed by atoms with van der Waals surface area (Å²) < 4.78 is 0. The average Bonchev–Trinajstić information content (AvgIpc) is 2.62. The summed E-state index contributed by atoms with van der Waals surface area (Å²) in [5.74, 6) is 0.191. The minimum atomic E-state index is 0.0388. The van der Waals surface area contributed by atoms with Gasteiger partial charge >= 0.3 is 0 Å². The molecule has 4 heteroatoms. The largest absolute Gasteiger partial charge is 0.508 e. The summed E-state index contributed by atoms with van der Waals surface area (Å²) >= 11 is 0. The van der Waals surface area contributed by atoms with Crippen LogP contribution in [0.25, 0.3) is 0 Å². The summed E-state index contributed by atoms with van der Waals surface area (Å²) in [6.45, 7) is 1.63. The third kappa shape index (κ3) is 2.32. The molecule has 0 radical (unpaired) electrons. The first-order valence-corrected chi connectivity index (χ1v) is 6.95. The Labute approximate surface area is 113 Å². The van der Waals surface area contributed by atoms with Crippen molar-refractivity contribution in [1.29, 1.82) is 0 Å². The lowest BCUT2D eigenvalue weighted by atomic mass is 10.1. The molecular weight excluding hydrogens is 240 g/mol. The summed E-state index contributed by atoms with van der Waals surface area (Å²) in [5, 5.41) is 9.48. The van der Waals surface area contributed by atoms with Crippen LogP contribution in [0.3, 0.4) is 0 Å². The molecule has 0 aromatic heterocycles. The van der Waals surface area contributed by atoms with Crippen LogP contribution in [0.5, 0.6) is 5.75 Å². The first kappa shape index (κ1) is 12.5. The molecule has 3 rings (SSSR count). The van der Waals surface area contributed by atoms with Gasteiger partial charge in [0, 0.05) is 30.7 Å². The van der Waals surface area contributed by atoms with Gasteiger partial charge in [0.2, 0.25) is 0 Å². The van der Waals surface area contributed by atoms with E-state index >= 15 is 0 Å². The van der Waals surface area contributed by atoms with Gasteiger partial charge in [0.1, 0.15) is 5.75 Å². The Morgan fingerprint density at radius 3 is 2.84 bits per heavy atom. The van der Waals surface area contributed by atoms with Crippen LogP contribution in [-0.2, 0) is 0 Å². The van der Waals surface area contributed by atoms with Gasteiger partial charge in [0.25, 0.3) is 5.91 Å². The van der Waals surface area contributed by atoms with E-state index in [-0.39, 0.29) is 11.7 Å². The van der Waals surface area contributed by atoms with Crippen LogP contribution in [0.15, 0.2) is 24.3 Å². The average molecular weight is 260 g/mol. The van der Waals surface area contributed by atoms with E-state index in [9.17, 15) is 9.90 Å². The van der Waals surface area contributed by atoms with Crippen molar-refractivity contribution in [2.75, 3.05) is 20.1 Å². The highest BCUT2D eigenvalue weighted by Gasteiger charge is 2.36. The normalized spacial score (nSPS) is 27.3. The molecule has 19 heavy (non-hydrogen) atoms. The van der Waals surface area contributed by atoms with Crippen molar-refractivity contribution in [3.8, 4) is 5.75 Å². The van der Waals surface area contributed by atoms with Crippen molar-refractivity contribution in [3.63, 3.8) is 0 Å². The Bertz CT molecular complexity index is 489. The number of phenols is 1. The standard InChI is InChI=1S/C15H20N2O2/c1-16-12-5-6-13(16)10-17(8-7-12)15(19)11-3-2-4-14(18)9-11/h2-4,9,12-13,18H,5-8,10H2,1H3. The smallest absolute Gasteiger partial charge is 0.254 e. The van der Waals surface area contributed by atoms with Crippen LogP contribution in [0.2, 0.25) is 0 Å². The number of carbonyl (C=O) groups excluding carboxylic acids is 1. The van der Waals surface area contributed by atoms with Gasteiger partial charge in [-0.05, 0) is 44.5 Å². The third-order valence-corrected chi connectivity index (χ3v) is 4.53. The zero-order chi connectivity index (χ0) is 13.4. The maximum absolute atomic E-state index is 12.5. The molecule has 2 bridgehead atoms. The number of nitrogens with zero attached hydrogens (tertiary/aromatic N) is 2. The molecule has 2 fully saturated rings. The Morgan fingerprint density at radius 1 is 1.26 bits per heavy atom. The topological polar surface area (TPSA) is 43.8 Å². The maximum Gasteiger partial charge on any atom is 0.254 e. The third-order valence-electron chi connectivity index (χ3n) is 4.53. The first-order valence-electron chi connectivity index (χ1n) is 6.95. The summed E-state index contributed by atoms with van der Waals surface area (Å²) in [5.41, 5.74) is 0.584. The van der Waals surface area contributed by atoms with Crippen LogP contribution in [-0.4, -0.2) is 53.0 Å². The van der Waals surface area contributed by atoms with E-state index in [1.807, 2.05) is 4.90 Å². The highest BCUT2D eigenvalue weighted by atomic mass is 16.3. The van der Waals surface area contributed by atoms with E-state index in [1.165, 1.54) is 12.8 Å². The summed E-state index contributed by atoms with van der Waals surface area (Å²) in [4.78, 5) is 16.8. The number of aromatic hydroxyl groups is 1. The molecule has 2 unspecified atom stereocenters. The molecule has 2 saturated heterocycles. The highest BCUT2D eigenvalue weighted by molar-refractivity contribution is 5.94. The quantitative estimate of drug-likeness (QED) is 0.836. The van der Waals surface area contributed by atoms with E-state index in [0.29, 0.717) is 17.6 Å². The van der Waals surface area contributed by atoms with E-state index in [1.54, 1.807) is 24.3 Å². The number of likely N-dealkylation sites (N-methyl/N-ethyl adjacent to an activating group) is 1. The maximum atomic E-state index is 12.5. The van der Waals surface area contributed by atoms with Gasteiger partial charge in [0.15, 0.2) is 0 Å². The molecule has 1 aromatic carbocycles. The van der Waals surface area contributed by atoms with Gasteiger partial charge < -0.3 is 10.0 Å². The summed E-state index contributed by atoms with van der Waals surface area (Å²) in [7, 11) is 2.17. The SMILES string of the molecule is CN1C2CCC1CN(C(=O)c1cccc(O)c1)CC2. The second-order valence-electron chi connectivity index (χ2n) is 5.64. The van der Waals surface area contributed by atoms with Crippen molar-refractivity contribution in [3.05, 3.63) is 29.8 Å². The van der Waals surface area contributed by atoms with Crippen molar-refractivity contribution in [1.82, 2.24) is 9.80 Å². The molecule has 2 aliphatic heterocycles. The van der Waals surface area contributed by atoms with Gasteiger partial charge in [-0.3, -0.25) is 9.69 Å². The fraction of sp³-hybridized carbons (Fsp3) is 0.533. The fourth-order valence-corrected chi connectivity index (χ4v) is 3.31. The number of benzene rings is 1. The van der Waals surface area contributed by atoms with E-state index in [0.717, 1.165) is 19.5 Å². The van der Waals surface area contributed by atoms with Crippen molar-refractivity contribution < 1.29 is 9.90 Å². The summed E-state index contributed by atoms with van der Waals surface area (Å²) in [6.07, 6.45) is 3.50. The van der Waals surface area contributed by atoms with Gasteiger partial charge in [-0.1, -0.05) is 6.07 Å². The fourth-order valence-electron chi connectivity index (χ4n) is 3.31. The van der Waals surface area contributed by atoms with Crippen molar-refractivity contribution in [2.24, 2.45) is 0 Å². The lowest BCUT2D eigenvalue weighted by Crippen LogP contribution is -2.39. The first-order chi connectivity index (χ1) is 9.15. The molecule has 4 nitrogen and oxygen atoms in total. The van der Waals surface area contributed by atoms with Gasteiger partial charge in [-0.2, -0.15) is 0 Å². The number of fused-ring (bicyclic) bond motifs is 2. The van der Waals surface area contributed by atoms with Gasteiger partial charge in [-0.25, -0.2) is 0 Å². The monoisotopic (exact) mass is 260 g/mol. The number of hydrogen-bond acceptors (Lipinski definition) is 3. The Morgan fingerprint density at radius 2 is 2.05 bits per heavy atom. The van der Waals surface area contributed by atoms with Crippen LogP contribution < -0.4 is 0 Å². The number of phenolic OH excluding ortho intramolecular Hbond substituents is 1. The molecular formula is C15H20N2O2. The zero-order valence-electron chi connectivity index (χ0n) is 11.2. The number of amides is 1. The zero-order valence-corrected chi connectivity index (χ0v) is 11.2. The molecule has 0 spiro atoms. The molecule has 1 amide bonds. The Balaban J connectivity index is 1.77. The Kier molecular flexibility index (Phi) is 3.19. The van der Waals surface area contributed by atoms with E-state index in [2.05, 4.69) is 11.9 Å². The van der Waals surface area contributed by atoms with Gasteiger partial charge in [0.05, 0.1) is 0 Å². The lowest BCUT2D eigenvalue weighted by Gasteiger charge is -2.25. The molecule has 1 N–H and O–H groups in total. The summed E-state index contributed by atoms with van der Waals surface area (Å²) in [6, 6.07) is 7.76. The number of rotatable bonds is 1. The number of carbonyl (C=O) groups is 1. The predicted molar refractivity (Wildman–Crippen MR) is 73.2 cm³/mol. The Hall–Kier alpha value is -1.55. The second kappa shape index (κ2) is 4.85. The lowest BCUT2D eigenvalue weighted by molar-refractivity contribution is 0.0740. The van der Waals surface area contributed by atoms with E-state index in [4.69, 9.17) is 0 Å². The van der Waals surface area contributed by atoms with E-state index < -0.39 is 0 Å². The second-order valence-corrected chi connectivity index (χ2v) is 5.64. The molecule has 1 aromatic rings. The van der Waals surface area contributed by atoms with Crippen molar-refractivity contribution in [2.45, 2.75) is 31.3 Å². The van der Waals surface area contributed by atoms with Crippen molar-refractivity contribution >= 4 is 5.91 Å². The molecule has 0 aliphatic carbocycles.